The van der Waals surface area contributed by atoms with Gasteiger partial charge >= 0.3 is 5.97 Å². The molecule has 20 heavy (non-hydrogen) atoms. The van der Waals surface area contributed by atoms with Gasteiger partial charge in [0, 0.05) is 24.7 Å². The lowest BCUT2D eigenvalue weighted by Crippen LogP contribution is -2.32. The fourth-order valence-electron chi connectivity index (χ4n) is 2.20. The van der Waals surface area contributed by atoms with E-state index in [1.165, 1.54) is 24.1 Å². The van der Waals surface area contributed by atoms with Crippen molar-refractivity contribution < 1.29 is 9.90 Å². The van der Waals surface area contributed by atoms with Gasteiger partial charge in [-0.05, 0) is 26.2 Å². The van der Waals surface area contributed by atoms with Gasteiger partial charge in [0.1, 0.15) is 0 Å². The van der Waals surface area contributed by atoms with E-state index >= 15 is 0 Å². The highest BCUT2D eigenvalue weighted by Crippen LogP contribution is 2.16. The van der Waals surface area contributed by atoms with E-state index in [-0.39, 0.29) is 17.7 Å². The summed E-state index contributed by atoms with van der Waals surface area (Å²) in [7, 11) is 0. The highest BCUT2D eigenvalue weighted by molar-refractivity contribution is 5.85. The highest BCUT2D eigenvalue weighted by Gasteiger charge is 2.12. The summed E-state index contributed by atoms with van der Waals surface area (Å²) in [5, 5.41) is 12.9. The Bertz CT molecular complexity index is 571. The molecule has 1 aliphatic rings. The number of piperidine rings is 1. The summed E-state index contributed by atoms with van der Waals surface area (Å²) < 4.78 is 1.26. The summed E-state index contributed by atoms with van der Waals surface area (Å²) >= 11 is 0. The molecule has 0 amide bonds. The molecule has 0 bridgehead atoms. The number of aromatic nitrogens is 2. The molecule has 0 radical (unpaired) electrons. The molecular weight excluding hydrogens is 258 g/mol. The van der Waals surface area contributed by atoms with Gasteiger partial charge in [-0.15, -0.1) is 0 Å². The molecule has 0 aromatic carbocycles. The summed E-state index contributed by atoms with van der Waals surface area (Å²) in [6, 6.07) is 1.57. The number of aliphatic carboxylic acids is 1. The van der Waals surface area contributed by atoms with Crippen molar-refractivity contribution in [3.63, 3.8) is 0 Å². The topological polar surface area (TPSA) is 75.4 Å². The molecule has 0 unspecified atom stereocenters. The fraction of sp³-hybridized carbons (Fsp3) is 0.500. The van der Waals surface area contributed by atoms with Crippen LogP contribution in [0, 0.1) is 0 Å². The van der Waals surface area contributed by atoms with Gasteiger partial charge in [-0.25, -0.2) is 9.48 Å². The molecule has 1 fully saturated rings. The molecule has 1 N–H and O–H groups in total. The number of anilines is 1. The molecule has 6 heteroatoms. The number of carbonyl (C=O) groups is 1. The lowest BCUT2D eigenvalue weighted by molar-refractivity contribution is -0.132. The molecule has 1 aliphatic heterocycles. The van der Waals surface area contributed by atoms with Crippen molar-refractivity contribution in [3.8, 4) is 0 Å². The summed E-state index contributed by atoms with van der Waals surface area (Å²) in [5.41, 5.74) is 0.853. The second-order valence-corrected chi connectivity index (χ2v) is 4.97. The maximum atomic E-state index is 12.0. The van der Waals surface area contributed by atoms with Crippen LogP contribution in [-0.2, 0) is 11.3 Å². The standard InChI is InChI=1S/C14H19N3O3/c1-11(14(19)20)5-8-17-13(18)9-12(10-15-17)16-6-3-2-4-7-16/h5,9-10H,2-4,6-8H2,1H3,(H,19,20). The van der Waals surface area contributed by atoms with Crippen molar-refractivity contribution >= 4 is 11.7 Å². The third kappa shape index (κ3) is 3.46. The van der Waals surface area contributed by atoms with E-state index in [4.69, 9.17) is 5.11 Å². The Morgan fingerprint density at radius 2 is 2.10 bits per heavy atom. The Labute approximate surface area is 117 Å². The summed E-state index contributed by atoms with van der Waals surface area (Å²) in [6.45, 7) is 3.60. The molecular formula is C14H19N3O3. The third-order valence-electron chi connectivity index (χ3n) is 3.48. The lowest BCUT2D eigenvalue weighted by Gasteiger charge is -2.28. The van der Waals surface area contributed by atoms with Crippen molar-refractivity contribution in [2.45, 2.75) is 32.7 Å². The van der Waals surface area contributed by atoms with Crippen LogP contribution in [-0.4, -0.2) is 33.9 Å². The highest BCUT2D eigenvalue weighted by atomic mass is 16.4. The van der Waals surface area contributed by atoms with Gasteiger partial charge in [0.05, 0.1) is 18.4 Å². The van der Waals surface area contributed by atoms with Crippen LogP contribution in [0.3, 0.4) is 0 Å². The number of hydrogen-bond donors (Lipinski definition) is 1. The first kappa shape index (κ1) is 14.3. The molecule has 108 valence electrons. The molecule has 2 heterocycles. The predicted molar refractivity (Wildman–Crippen MR) is 76.0 cm³/mol. The maximum Gasteiger partial charge on any atom is 0.331 e. The molecule has 1 aromatic heterocycles. The van der Waals surface area contributed by atoms with Crippen LogP contribution in [0.2, 0.25) is 0 Å². The number of carboxylic acid groups (broad SMARTS) is 1. The first-order chi connectivity index (χ1) is 9.58. The molecule has 0 spiro atoms. The van der Waals surface area contributed by atoms with Crippen molar-refractivity contribution in [1.29, 1.82) is 0 Å². The monoisotopic (exact) mass is 277 g/mol. The fourth-order valence-corrected chi connectivity index (χ4v) is 2.20. The van der Waals surface area contributed by atoms with Crippen LogP contribution in [0.15, 0.2) is 28.7 Å². The average molecular weight is 277 g/mol. The minimum absolute atomic E-state index is 0.178. The van der Waals surface area contributed by atoms with E-state index in [1.54, 1.807) is 12.3 Å². The SMILES string of the molecule is CC(=CCn1ncc(N2CCCCC2)cc1=O)C(=O)O. The average Bonchev–Trinajstić information content (AvgIpc) is 2.46. The zero-order valence-corrected chi connectivity index (χ0v) is 11.6. The molecule has 2 rings (SSSR count). The smallest absolute Gasteiger partial charge is 0.331 e. The van der Waals surface area contributed by atoms with E-state index in [0.29, 0.717) is 0 Å². The predicted octanol–water partition coefficient (Wildman–Crippen LogP) is 1.26. The lowest BCUT2D eigenvalue weighted by atomic mass is 10.1. The summed E-state index contributed by atoms with van der Waals surface area (Å²) in [6.07, 6.45) is 6.68. The van der Waals surface area contributed by atoms with Gasteiger partial charge in [-0.3, -0.25) is 4.79 Å². The van der Waals surface area contributed by atoms with Crippen molar-refractivity contribution in [3.05, 3.63) is 34.3 Å². The van der Waals surface area contributed by atoms with Crippen LogP contribution >= 0.6 is 0 Å². The van der Waals surface area contributed by atoms with Gasteiger partial charge in [-0.1, -0.05) is 6.08 Å². The number of hydrogen-bond acceptors (Lipinski definition) is 4. The van der Waals surface area contributed by atoms with Gasteiger partial charge in [0.2, 0.25) is 0 Å². The Morgan fingerprint density at radius 3 is 2.70 bits per heavy atom. The molecule has 0 aliphatic carbocycles. The summed E-state index contributed by atoms with van der Waals surface area (Å²) in [4.78, 5) is 24.8. The van der Waals surface area contributed by atoms with E-state index < -0.39 is 5.97 Å². The first-order valence-electron chi connectivity index (χ1n) is 6.80. The second kappa shape index (κ2) is 6.36. The maximum absolute atomic E-state index is 12.0. The van der Waals surface area contributed by atoms with Crippen LogP contribution in [0.1, 0.15) is 26.2 Å². The minimum atomic E-state index is -0.983. The van der Waals surface area contributed by atoms with Gasteiger partial charge in [-0.2, -0.15) is 5.10 Å². The largest absolute Gasteiger partial charge is 0.478 e. The number of rotatable bonds is 4. The second-order valence-electron chi connectivity index (χ2n) is 4.97. The molecule has 1 aromatic rings. The third-order valence-corrected chi connectivity index (χ3v) is 3.48. The van der Waals surface area contributed by atoms with Crippen molar-refractivity contribution in [2.24, 2.45) is 0 Å². The van der Waals surface area contributed by atoms with Gasteiger partial charge in [0.15, 0.2) is 0 Å². The quantitative estimate of drug-likeness (QED) is 0.839. The van der Waals surface area contributed by atoms with Crippen LogP contribution in [0.4, 0.5) is 5.69 Å². The van der Waals surface area contributed by atoms with Crippen LogP contribution in [0.25, 0.3) is 0 Å². The Hall–Kier alpha value is -2.11. The van der Waals surface area contributed by atoms with Gasteiger partial charge < -0.3 is 10.0 Å². The minimum Gasteiger partial charge on any atom is -0.478 e. The normalized spacial score (nSPS) is 16.2. The zero-order valence-electron chi connectivity index (χ0n) is 11.6. The number of nitrogens with zero attached hydrogens (tertiary/aromatic N) is 3. The van der Waals surface area contributed by atoms with E-state index in [2.05, 4.69) is 10.00 Å². The van der Waals surface area contributed by atoms with Crippen molar-refractivity contribution in [1.82, 2.24) is 9.78 Å². The Kier molecular flexibility index (Phi) is 4.55. The van der Waals surface area contributed by atoms with E-state index in [1.807, 2.05) is 0 Å². The summed E-state index contributed by atoms with van der Waals surface area (Å²) in [5.74, 6) is -0.983. The molecule has 0 atom stereocenters. The van der Waals surface area contributed by atoms with E-state index in [0.717, 1.165) is 31.6 Å². The van der Waals surface area contributed by atoms with Crippen molar-refractivity contribution in [2.75, 3.05) is 18.0 Å². The molecule has 1 saturated heterocycles. The van der Waals surface area contributed by atoms with Crippen LogP contribution < -0.4 is 10.5 Å². The zero-order chi connectivity index (χ0) is 14.5. The Morgan fingerprint density at radius 1 is 1.40 bits per heavy atom. The number of allylic oxidation sites excluding steroid dienone is 1. The van der Waals surface area contributed by atoms with E-state index in [9.17, 15) is 9.59 Å². The van der Waals surface area contributed by atoms with Gasteiger partial charge in [0.25, 0.3) is 5.56 Å². The molecule has 0 saturated carbocycles. The van der Waals surface area contributed by atoms with Crippen LogP contribution in [0.5, 0.6) is 0 Å². The Balaban J connectivity index is 2.11. The molecule has 6 nitrogen and oxygen atoms in total. The number of carboxylic acids is 1. The first-order valence-corrected chi connectivity index (χ1v) is 6.80.